The zero-order chi connectivity index (χ0) is 14.5. The highest BCUT2D eigenvalue weighted by atomic mass is 16.5. The standard InChI is InChI=1S/C17H22N2O/c1-12-7-6-8-13(2)15(12)11-16(19-18)14-9-4-5-10-17(14)20-3/h4-10,16,19H,11,18H2,1-3H3. The van der Waals surface area contributed by atoms with E-state index < -0.39 is 0 Å². The number of nitrogens with two attached hydrogens (primary N) is 1. The Labute approximate surface area is 120 Å². The van der Waals surface area contributed by atoms with Gasteiger partial charge < -0.3 is 4.74 Å². The quantitative estimate of drug-likeness (QED) is 0.648. The van der Waals surface area contributed by atoms with E-state index in [0.29, 0.717) is 0 Å². The van der Waals surface area contributed by atoms with Crippen LogP contribution >= 0.6 is 0 Å². The smallest absolute Gasteiger partial charge is 0.123 e. The Hall–Kier alpha value is -1.84. The van der Waals surface area contributed by atoms with Crippen LogP contribution in [0, 0.1) is 13.8 Å². The first-order valence-electron chi connectivity index (χ1n) is 6.81. The van der Waals surface area contributed by atoms with Gasteiger partial charge in [-0.3, -0.25) is 11.3 Å². The third kappa shape index (κ3) is 3.00. The number of hydrogen-bond acceptors (Lipinski definition) is 3. The van der Waals surface area contributed by atoms with Gasteiger partial charge in [-0.05, 0) is 43.0 Å². The second kappa shape index (κ2) is 6.55. The average Bonchev–Trinajstić information content (AvgIpc) is 2.47. The average molecular weight is 270 g/mol. The number of aryl methyl sites for hydroxylation is 2. The van der Waals surface area contributed by atoms with Crippen LogP contribution in [0.5, 0.6) is 5.75 Å². The van der Waals surface area contributed by atoms with Crippen molar-refractivity contribution in [2.75, 3.05) is 7.11 Å². The van der Waals surface area contributed by atoms with E-state index in [9.17, 15) is 0 Å². The molecule has 1 atom stereocenters. The van der Waals surface area contributed by atoms with Gasteiger partial charge in [0.15, 0.2) is 0 Å². The Morgan fingerprint density at radius 1 is 1.05 bits per heavy atom. The molecule has 2 aromatic rings. The minimum atomic E-state index is 0.0333. The molecular formula is C17H22N2O. The van der Waals surface area contributed by atoms with Crippen molar-refractivity contribution in [3.05, 3.63) is 64.7 Å². The van der Waals surface area contributed by atoms with E-state index in [1.165, 1.54) is 16.7 Å². The van der Waals surface area contributed by atoms with E-state index in [0.717, 1.165) is 17.7 Å². The highest BCUT2D eigenvalue weighted by Crippen LogP contribution is 2.28. The van der Waals surface area contributed by atoms with E-state index in [-0.39, 0.29) is 6.04 Å². The molecule has 106 valence electrons. The molecule has 2 rings (SSSR count). The topological polar surface area (TPSA) is 47.3 Å². The SMILES string of the molecule is COc1ccccc1C(Cc1c(C)cccc1C)NN. The van der Waals surface area contributed by atoms with Crippen LogP contribution in [0.2, 0.25) is 0 Å². The van der Waals surface area contributed by atoms with Gasteiger partial charge in [0.2, 0.25) is 0 Å². The van der Waals surface area contributed by atoms with Gasteiger partial charge in [0.25, 0.3) is 0 Å². The van der Waals surface area contributed by atoms with Crippen LogP contribution in [-0.2, 0) is 6.42 Å². The summed E-state index contributed by atoms with van der Waals surface area (Å²) in [6, 6.07) is 14.4. The van der Waals surface area contributed by atoms with E-state index in [1.807, 2.05) is 18.2 Å². The van der Waals surface area contributed by atoms with Crippen molar-refractivity contribution in [2.45, 2.75) is 26.3 Å². The Bertz CT molecular complexity index is 561. The molecule has 0 saturated heterocycles. The van der Waals surface area contributed by atoms with E-state index in [4.69, 9.17) is 10.6 Å². The van der Waals surface area contributed by atoms with Gasteiger partial charge in [-0.1, -0.05) is 36.4 Å². The number of ether oxygens (including phenoxy) is 1. The maximum Gasteiger partial charge on any atom is 0.123 e. The molecule has 0 aliphatic carbocycles. The normalized spacial score (nSPS) is 12.2. The monoisotopic (exact) mass is 270 g/mol. The summed E-state index contributed by atoms with van der Waals surface area (Å²) in [6.45, 7) is 4.27. The van der Waals surface area contributed by atoms with Crippen molar-refractivity contribution in [1.29, 1.82) is 0 Å². The molecule has 20 heavy (non-hydrogen) atoms. The fraction of sp³-hybridized carbons (Fsp3) is 0.294. The van der Waals surface area contributed by atoms with Gasteiger partial charge in [-0.15, -0.1) is 0 Å². The van der Waals surface area contributed by atoms with Crippen molar-refractivity contribution in [2.24, 2.45) is 5.84 Å². The number of nitrogens with one attached hydrogen (secondary N) is 1. The largest absolute Gasteiger partial charge is 0.496 e. The number of hydrazine groups is 1. The summed E-state index contributed by atoms with van der Waals surface area (Å²) in [5.41, 5.74) is 7.92. The molecule has 2 aromatic carbocycles. The van der Waals surface area contributed by atoms with Gasteiger partial charge >= 0.3 is 0 Å². The second-order valence-corrected chi connectivity index (χ2v) is 5.04. The Kier molecular flexibility index (Phi) is 4.77. The van der Waals surface area contributed by atoms with Crippen molar-refractivity contribution >= 4 is 0 Å². The summed E-state index contributed by atoms with van der Waals surface area (Å²) in [7, 11) is 1.69. The molecule has 3 N–H and O–H groups in total. The van der Waals surface area contributed by atoms with Crippen LogP contribution in [0.1, 0.15) is 28.3 Å². The maximum absolute atomic E-state index is 5.77. The summed E-state index contributed by atoms with van der Waals surface area (Å²) in [5, 5.41) is 0. The lowest BCUT2D eigenvalue weighted by molar-refractivity contribution is 0.399. The van der Waals surface area contributed by atoms with E-state index >= 15 is 0 Å². The molecular weight excluding hydrogens is 248 g/mol. The van der Waals surface area contributed by atoms with Crippen LogP contribution in [0.15, 0.2) is 42.5 Å². The first kappa shape index (κ1) is 14.6. The first-order valence-corrected chi connectivity index (χ1v) is 6.81. The van der Waals surface area contributed by atoms with Gasteiger partial charge in [0.1, 0.15) is 5.75 Å². The van der Waals surface area contributed by atoms with Crippen LogP contribution in [-0.4, -0.2) is 7.11 Å². The van der Waals surface area contributed by atoms with Crippen LogP contribution < -0.4 is 16.0 Å². The Balaban J connectivity index is 2.34. The summed E-state index contributed by atoms with van der Waals surface area (Å²) in [6.07, 6.45) is 0.843. The Morgan fingerprint density at radius 3 is 2.30 bits per heavy atom. The molecule has 0 aromatic heterocycles. The van der Waals surface area contributed by atoms with E-state index in [1.54, 1.807) is 7.11 Å². The zero-order valence-electron chi connectivity index (χ0n) is 12.3. The third-order valence-corrected chi connectivity index (χ3v) is 3.77. The number of hydrogen-bond donors (Lipinski definition) is 2. The lowest BCUT2D eigenvalue weighted by Crippen LogP contribution is -2.30. The highest BCUT2D eigenvalue weighted by Gasteiger charge is 2.16. The predicted octanol–water partition coefficient (Wildman–Crippen LogP) is 3.06. The zero-order valence-corrected chi connectivity index (χ0v) is 12.3. The van der Waals surface area contributed by atoms with Crippen molar-refractivity contribution in [3.63, 3.8) is 0 Å². The summed E-state index contributed by atoms with van der Waals surface area (Å²) in [5.74, 6) is 6.63. The lowest BCUT2D eigenvalue weighted by atomic mass is 9.93. The summed E-state index contributed by atoms with van der Waals surface area (Å²) in [4.78, 5) is 0. The number of benzene rings is 2. The molecule has 0 bridgehead atoms. The predicted molar refractivity (Wildman–Crippen MR) is 82.7 cm³/mol. The molecule has 0 amide bonds. The molecule has 0 fully saturated rings. The Morgan fingerprint density at radius 2 is 1.70 bits per heavy atom. The number of rotatable bonds is 5. The fourth-order valence-corrected chi connectivity index (χ4v) is 2.59. The number of para-hydroxylation sites is 1. The van der Waals surface area contributed by atoms with Crippen molar-refractivity contribution < 1.29 is 4.74 Å². The molecule has 0 aliphatic heterocycles. The minimum absolute atomic E-state index is 0.0333. The molecule has 3 heteroatoms. The van der Waals surface area contributed by atoms with Crippen molar-refractivity contribution in [3.8, 4) is 5.75 Å². The molecule has 0 spiro atoms. The van der Waals surface area contributed by atoms with Gasteiger partial charge in [-0.25, -0.2) is 0 Å². The first-order chi connectivity index (χ1) is 9.67. The van der Waals surface area contributed by atoms with Gasteiger partial charge in [-0.2, -0.15) is 0 Å². The second-order valence-electron chi connectivity index (χ2n) is 5.04. The van der Waals surface area contributed by atoms with Crippen LogP contribution in [0.3, 0.4) is 0 Å². The van der Waals surface area contributed by atoms with Crippen LogP contribution in [0.25, 0.3) is 0 Å². The fourth-order valence-electron chi connectivity index (χ4n) is 2.59. The summed E-state index contributed by atoms with van der Waals surface area (Å²) < 4.78 is 5.43. The highest BCUT2D eigenvalue weighted by molar-refractivity contribution is 5.39. The molecule has 1 unspecified atom stereocenters. The maximum atomic E-state index is 5.77. The minimum Gasteiger partial charge on any atom is -0.496 e. The van der Waals surface area contributed by atoms with Gasteiger partial charge in [0.05, 0.1) is 13.2 Å². The number of methoxy groups -OCH3 is 1. The lowest BCUT2D eigenvalue weighted by Gasteiger charge is -2.21. The third-order valence-electron chi connectivity index (χ3n) is 3.77. The van der Waals surface area contributed by atoms with Crippen LogP contribution in [0.4, 0.5) is 0 Å². The van der Waals surface area contributed by atoms with Crippen molar-refractivity contribution in [1.82, 2.24) is 5.43 Å². The molecule has 0 radical (unpaired) electrons. The molecule has 0 saturated carbocycles. The molecule has 0 aliphatic rings. The molecule has 3 nitrogen and oxygen atoms in total. The van der Waals surface area contributed by atoms with E-state index in [2.05, 4.69) is 43.5 Å². The summed E-state index contributed by atoms with van der Waals surface area (Å²) >= 11 is 0. The van der Waals surface area contributed by atoms with Gasteiger partial charge in [0, 0.05) is 5.56 Å². The molecule has 0 heterocycles.